The van der Waals surface area contributed by atoms with Crippen molar-refractivity contribution in [2.24, 2.45) is 5.84 Å². The smallest absolute Gasteiger partial charge is 0.140 e. The van der Waals surface area contributed by atoms with E-state index in [4.69, 9.17) is 17.4 Å². The van der Waals surface area contributed by atoms with Crippen molar-refractivity contribution >= 4 is 28.3 Å². The average molecular weight is 194 g/mol. The Bertz CT molecular complexity index is 442. The lowest BCUT2D eigenvalue weighted by molar-refractivity contribution is 1.26. The Hall–Kier alpha value is -1.32. The van der Waals surface area contributed by atoms with E-state index in [0.29, 0.717) is 10.8 Å². The molecule has 0 saturated heterocycles. The van der Waals surface area contributed by atoms with Crippen LogP contribution in [0.3, 0.4) is 0 Å². The fourth-order valence-electron chi connectivity index (χ4n) is 1.18. The van der Waals surface area contributed by atoms with E-state index in [-0.39, 0.29) is 0 Å². The van der Waals surface area contributed by atoms with Gasteiger partial charge in [-0.2, -0.15) is 0 Å². The van der Waals surface area contributed by atoms with Crippen LogP contribution in [-0.4, -0.2) is 4.98 Å². The van der Waals surface area contributed by atoms with Gasteiger partial charge in [-0.05, 0) is 30.3 Å². The van der Waals surface area contributed by atoms with Crippen LogP contribution in [0.15, 0.2) is 30.3 Å². The molecule has 2 rings (SSSR count). The van der Waals surface area contributed by atoms with Crippen molar-refractivity contribution in [3.05, 3.63) is 35.4 Å². The van der Waals surface area contributed by atoms with Crippen LogP contribution in [-0.2, 0) is 0 Å². The molecule has 0 bridgehead atoms. The van der Waals surface area contributed by atoms with Crippen LogP contribution < -0.4 is 11.3 Å². The maximum Gasteiger partial charge on any atom is 0.140 e. The predicted octanol–water partition coefficient (Wildman–Crippen LogP) is 2.17. The molecule has 0 aliphatic heterocycles. The Labute approximate surface area is 80.5 Å². The standard InChI is InChI=1S/C9H8ClN3/c10-7-2-3-8-6(5-7)1-4-9(12-8)13-11/h1-5H,11H2,(H,12,13). The molecule has 66 valence electrons. The van der Waals surface area contributed by atoms with Crippen molar-refractivity contribution in [1.82, 2.24) is 4.98 Å². The van der Waals surface area contributed by atoms with Crippen LogP contribution >= 0.6 is 11.6 Å². The van der Waals surface area contributed by atoms with E-state index in [1.165, 1.54) is 0 Å². The number of aromatic nitrogens is 1. The van der Waals surface area contributed by atoms with Gasteiger partial charge >= 0.3 is 0 Å². The number of nitrogens with zero attached hydrogens (tertiary/aromatic N) is 1. The van der Waals surface area contributed by atoms with Crippen molar-refractivity contribution in [3.8, 4) is 0 Å². The summed E-state index contributed by atoms with van der Waals surface area (Å²) in [5.74, 6) is 5.88. The van der Waals surface area contributed by atoms with Gasteiger partial charge < -0.3 is 5.43 Å². The van der Waals surface area contributed by atoms with Crippen molar-refractivity contribution < 1.29 is 0 Å². The van der Waals surface area contributed by atoms with Gasteiger partial charge in [0, 0.05) is 10.4 Å². The molecule has 0 aliphatic carbocycles. The number of nitrogen functional groups attached to an aromatic ring is 1. The number of benzene rings is 1. The number of anilines is 1. The average Bonchev–Trinajstić information content (AvgIpc) is 2.17. The molecule has 0 fully saturated rings. The highest BCUT2D eigenvalue weighted by Gasteiger charge is 1.96. The number of nitrogens with one attached hydrogen (secondary N) is 1. The van der Waals surface area contributed by atoms with Crippen molar-refractivity contribution in [3.63, 3.8) is 0 Å². The summed E-state index contributed by atoms with van der Waals surface area (Å²) in [5.41, 5.74) is 3.36. The highest BCUT2D eigenvalue weighted by atomic mass is 35.5. The van der Waals surface area contributed by atoms with Crippen molar-refractivity contribution in [2.75, 3.05) is 5.43 Å². The van der Waals surface area contributed by atoms with Crippen LogP contribution in [0.5, 0.6) is 0 Å². The number of hydrogen-bond acceptors (Lipinski definition) is 3. The Morgan fingerprint density at radius 1 is 1.23 bits per heavy atom. The molecule has 0 saturated carbocycles. The molecule has 0 spiro atoms. The highest BCUT2D eigenvalue weighted by molar-refractivity contribution is 6.31. The quantitative estimate of drug-likeness (QED) is 0.539. The summed E-state index contributed by atoms with van der Waals surface area (Å²) < 4.78 is 0. The molecule has 1 aromatic carbocycles. The van der Waals surface area contributed by atoms with E-state index < -0.39 is 0 Å². The maximum atomic E-state index is 5.82. The van der Waals surface area contributed by atoms with Gasteiger partial charge in [-0.3, -0.25) is 0 Å². The maximum absolute atomic E-state index is 5.82. The molecular formula is C9H8ClN3. The number of halogens is 1. The van der Waals surface area contributed by atoms with Crippen molar-refractivity contribution in [2.45, 2.75) is 0 Å². The van der Waals surface area contributed by atoms with Gasteiger partial charge in [0.05, 0.1) is 5.52 Å². The van der Waals surface area contributed by atoms with Crippen LogP contribution in [0, 0.1) is 0 Å². The second kappa shape index (κ2) is 3.20. The van der Waals surface area contributed by atoms with Gasteiger partial charge in [-0.1, -0.05) is 11.6 Å². The van der Waals surface area contributed by atoms with Gasteiger partial charge in [-0.25, -0.2) is 10.8 Å². The second-order valence-corrected chi connectivity index (χ2v) is 3.11. The molecule has 4 heteroatoms. The van der Waals surface area contributed by atoms with E-state index in [2.05, 4.69) is 10.4 Å². The second-order valence-electron chi connectivity index (χ2n) is 2.68. The van der Waals surface area contributed by atoms with Crippen molar-refractivity contribution in [1.29, 1.82) is 0 Å². The first-order valence-corrected chi connectivity index (χ1v) is 4.20. The first-order valence-electron chi connectivity index (χ1n) is 3.82. The first kappa shape index (κ1) is 8.29. The number of pyridine rings is 1. The van der Waals surface area contributed by atoms with E-state index in [1.54, 1.807) is 12.1 Å². The Morgan fingerprint density at radius 2 is 2.08 bits per heavy atom. The van der Waals surface area contributed by atoms with Gasteiger partial charge in [0.15, 0.2) is 0 Å². The molecule has 0 unspecified atom stereocenters. The third kappa shape index (κ3) is 1.56. The molecule has 3 nitrogen and oxygen atoms in total. The molecule has 1 aromatic heterocycles. The number of nitrogens with two attached hydrogens (primary N) is 1. The van der Waals surface area contributed by atoms with E-state index >= 15 is 0 Å². The summed E-state index contributed by atoms with van der Waals surface area (Å²) >= 11 is 5.82. The van der Waals surface area contributed by atoms with Crippen LogP contribution in [0.1, 0.15) is 0 Å². The lowest BCUT2D eigenvalue weighted by Crippen LogP contribution is -2.07. The molecule has 2 aromatic rings. The Morgan fingerprint density at radius 3 is 2.85 bits per heavy atom. The molecule has 13 heavy (non-hydrogen) atoms. The minimum atomic E-state index is 0.648. The third-order valence-corrected chi connectivity index (χ3v) is 2.03. The zero-order valence-corrected chi connectivity index (χ0v) is 7.55. The summed E-state index contributed by atoms with van der Waals surface area (Å²) in [6, 6.07) is 9.25. The molecule has 0 radical (unpaired) electrons. The summed E-state index contributed by atoms with van der Waals surface area (Å²) in [7, 11) is 0. The number of hydrazine groups is 1. The highest BCUT2D eigenvalue weighted by Crippen LogP contribution is 2.18. The van der Waals surface area contributed by atoms with Crippen LogP contribution in [0.25, 0.3) is 10.9 Å². The third-order valence-electron chi connectivity index (χ3n) is 1.80. The van der Waals surface area contributed by atoms with Crippen LogP contribution in [0.2, 0.25) is 5.02 Å². The molecular weight excluding hydrogens is 186 g/mol. The van der Waals surface area contributed by atoms with Crippen LogP contribution in [0.4, 0.5) is 5.82 Å². The molecule has 0 amide bonds. The van der Waals surface area contributed by atoms with E-state index in [9.17, 15) is 0 Å². The van der Waals surface area contributed by atoms with Gasteiger partial charge in [-0.15, -0.1) is 0 Å². The summed E-state index contributed by atoms with van der Waals surface area (Å²) in [6.07, 6.45) is 0. The molecule has 0 aliphatic rings. The minimum absolute atomic E-state index is 0.648. The van der Waals surface area contributed by atoms with Gasteiger partial charge in [0.1, 0.15) is 5.82 Å². The zero-order chi connectivity index (χ0) is 9.26. The monoisotopic (exact) mass is 193 g/mol. The molecule has 1 heterocycles. The lowest BCUT2D eigenvalue weighted by Gasteiger charge is -2.01. The number of rotatable bonds is 1. The summed E-state index contributed by atoms with van der Waals surface area (Å²) in [6.45, 7) is 0. The number of fused-ring (bicyclic) bond motifs is 1. The zero-order valence-electron chi connectivity index (χ0n) is 6.79. The minimum Gasteiger partial charge on any atom is -0.308 e. The fourth-order valence-corrected chi connectivity index (χ4v) is 1.36. The molecule has 0 atom stereocenters. The largest absolute Gasteiger partial charge is 0.308 e. The Kier molecular flexibility index (Phi) is 2.04. The van der Waals surface area contributed by atoms with Gasteiger partial charge in [0.2, 0.25) is 0 Å². The lowest BCUT2D eigenvalue weighted by atomic mass is 10.2. The SMILES string of the molecule is NNc1ccc2cc(Cl)ccc2n1. The summed E-state index contributed by atoms with van der Waals surface area (Å²) in [4.78, 5) is 4.24. The van der Waals surface area contributed by atoms with E-state index in [1.807, 2.05) is 18.2 Å². The number of hydrogen-bond donors (Lipinski definition) is 2. The Balaban J connectivity index is 2.66. The topological polar surface area (TPSA) is 50.9 Å². The fraction of sp³-hybridized carbons (Fsp3) is 0. The first-order chi connectivity index (χ1) is 6.29. The van der Waals surface area contributed by atoms with E-state index in [0.717, 1.165) is 10.9 Å². The predicted molar refractivity (Wildman–Crippen MR) is 54.6 cm³/mol. The molecule has 3 N–H and O–H groups in total. The normalized spacial score (nSPS) is 10.3. The van der Waals surface area contributed by atoms with Gasteiger partial charge in [0.25, 0.3) is 0 Å². The summed E-state index contributed by atoms with van der Waals surface area (Å²) in [5, 5.41) is 1.72.